The van der Waals surface area contributed by atoms with Crippen LogP contribution in [0.25, 0.3) is 44.6 Å². The van der Waals surface area contributed by atoms with E-state index >= 15 is 0 Å². The number of hydrogen-bond donors (Lipinski definition) is 3. The van der Waals surface area contributed by atoms with Gasteiger partial charge in [-0.1, -0.05) is 49.6 Å². The third-order valence-electron chi connectivity index (χ3n) is 5.64. The van der Waals surface area contributed by atoms with E-state index in [0.29, 0.717) is 0 Å². The summed E-state index contributed by atoms with van der Waals surface area (Å²) in [6.45, 7) is 10.1. The Morgan fingerprint density at radius 3 is 2.68 bits per heavy atom. The second-order valence-corrected chi connectivity index (χ2v) is 7.83. The van der Waals surface area contributed by atoms with Crippen LogP contribution in [0.3, 0.4) is 0 Å². The van der Waals surface area contributed by atoms with Crippen LogP contribution in [0, 0.1) is 0 Å². The Hall–Kier alpha value is -4.71. The normalized spacial score (nSPS) is 12.3. The molecule has 0 atom stereocenters. The summed E-state index contributed by atoms with van der Waals surface area (Å²) in [5.41, 5.74) is 8.74. The Bertz CT molecular complexity index is 1530. The molecular weight excluding hydrogens is 420 g/mol. The summed E-state index contributed by atoms with van der Waals surface area (Å²) in [6, 6.07) is 18.0. The van der Waals surface area contributed by atoms with Gasteiger partial charge in [0.1, 0.15) is 11.2 Å². The summed E-state index contributed by atoms with van der Waals surface area (Å²) in [7, 11) is 0. The van der Waals surface area contributed by atoms with Gasteiger partial charge in [-0.25, -0.2) is 4.98 Å². The summed E-state index contributed by atoms with van der Waals surface area (Å²) in [5.74, 6) is 0. The Balaban J connectivity index is 1.49. The van der Waals surface area contributed by atoms with Crippen molar-refractivity contribution in [3.63, 3.8) is 0 Å². The van der Waals surface area contributed by atoms with Crippen LogP contribution in [0.2, 0.25) is 0 Å². The molecule has 5 aromatic rings. The van der Waals surface area contributed by atoms with Crippen LogP contribution >= 0.6 is 0 Å². The highest BCUT2D eigenvalue weighted by atomic mass is 15.1. The second kappa shape index (κ2) is 9.03. The van der Waals surface area contributed by atoms with E-state index in [1.165, 1.54) is 0 Å². The number of aromatic nitrogens is 5. The minimum Gasteiger partial charge on any atom is -0.356 e. The smallest absolute Gasteiger partial charge is 0.135 e. The van der Waals surface area contributed by atoms with E-state index in [4.69, 9.17) is 4.98 Å². The first-order valence-corrected chi connectivity index (χ1v) is 11.0. The molecule has 0 saturated carbocycles. The number of pyridine rings is 2. The van der Waals surface area contributed by atoms with Crippen molar-refractivity contribution in [2.45, 2.75) is 6.92 Å². The van der Waals surface area contributed by atoms with Gasteiger partial charge in [0.2, 0.25) is 0 Å². The van der Waals surface area contributed by atoms with Gasteiger partial charge in [-0.05, 0) is 54.5 Å². The minimum atomic E-state index is 0.770. The molecule has 0 aliphatic heterocycles. The molecule has 0 spiro atoms. The molecule has 34 heavy (non-hydrogen) atoms. The predicted octanol–water partition coefficient (Wildman–Crippen LogP) is 6.23. The minimum absolute atomic E-state index is 0.770. The highest BCUT2D eigenvalue weighted by Crippen LogP contribution is 2.29. The van der Waals surface area contributed by atoms with Crippen LogP contribution in [0.5, 0.6) is 0 Å². The number of nitrogens with one attached hydrogen (secondary N) is 3. The van der Waals surface area contributed by atoms with E-state index in [2.05, 4.69) is 44.7 Å². The largest absolute Gasteiger partial charge is 0.356 e. The van der Waals surface area contributed by atoms with Gasteiger partial charge in [-0.2, -0.15) is 5.10 Å². The molecule has 0 fully saturated rings. The van der Waals surface area contributed by atoms with Crippen LogP contribution in [-0.2, 0) is 0 Å². The van der Waals surface area contributed by atoms with Crippen molar-refractivity contribution < 1.29 is 0 Å². The first-order chi connectivity index (χ1) is 16.7. The molecule has 0 amide bonds. The van der Waals surface area contributed by atoms with Gasteiger partial charge in [-0.15, -0.1) is 0 Å². The van der Waals surface area contributed by atoms with Gasteiger partial charge in [0.25, 0.3) is 0 Å². The number of H-pyrrole nitrogens is 2. The van der Waals surface area contributed by atoms with Crippen LogP contribution < -0.4 is 5.32 Å². The number of hydrogen-bond acceptors (Lipinski definition) is 4. The third kappa shape index (κ3) is 4.04. The third-order valence-corrected chi connectivity index (χ3v) is 5.64. The molecule has 5 rings (SSSR count). The molecule has 0 aliphatic rings. The molecule has 166 valence electrons. The Kier molecular flexibility index (Phi) is 5.62. The Morgan fingerprint density at radius 1 is 1.06 bits per heavy atom. The lowest BCUT2D eigenvalue weighted by Crippen LogP contribution is -2.09. The van der Waals surface area contributed by atoms with Crippen LogP contribution in [0.15, 0.2) is 104 Å². The van der Waals surface area contributed by atoms with Gasteiger partial charge in [-0.3, -0.25) is 10.1 Å². The fourth-order valence-electron chi connectivity index (χ4n) is 3.85. The fraction of sp³-hybridized carbons (Fsp3) is 0.0357. The molecule has 4 aromatic heterocycles. The summed E-state index contributed by atoms with van der Waals surface area (Å²) in [6.07, 6.45) is 9.41. The van der Waals surface area contributed by atoms with E-state index in [-0.39, 0.29) is 0 Å². The number of rotatable bonds is 7. The summed E-state index contributed by atoms with van der Waals surface area (Å²) >= 11 is 0. The average Bonchev–Trinajstić information content (AvgIpc) is 3.50. The zero-order valence-corrected chi connectivity index (χ0v) is 18.8. The SMILES string of the molecule is C=C/C(=C\C(=C/C)c1ccc2[nH]nc(-c3cc4ccncc4[nH]3)c2n1)NC(=C)c1ccccc1. The van der Waals surface area contributed by atoms with Gasteiger partial charge < -0.3 is 10.3 Å². The molecule has 1 aromatic carbocycles. The van der Waals surface area contributed by atoms with Crippen molar-refractivity contribution in [2.24, 2.45) is 0 Å². The molecule has 0 saturated heterocycles. The molecule has 4 heterocycles. The molecule has 0 aliphatic carbocycles. The van der Waals surface area contributed by atoms with E-state index in [1.54, 1.807) is 12.3 Å². The highest BCUT2D eigenvalue weighted by molar-refractivity contribution is 5.94. The summed E-state index contributed by atoms with van der Waals surface area (Å²) < 4.78 is 0. The second-order valence-electron chi connectivity index (χ2n) is 7.83. The number of nitrogens with zero attached hydrogens (tertiary/aromatic N) is 3. The van der Waals surface area contributed by atoms with Crippen LogP contribution in [0.1, 0.15) is 18.2 Å². The molecule has 3 N–H and O–H groups in total. The first kappa shape index (κ1) is 21.2. The van der Waals surface area contributed by atoms with Crippen LogP contribution in [-0.4, -0.2) is 25.1 Å². The van der Waals surface area contributed by atoms with Crippen LogP contribution in [0.4, 0.5) is 0 Å². The summed E-state index contributed by atoms with van der Waals surface area (Å²) in [5, 5.41) is 12.0. The zero-order valence-electron chi connectivity index (χ0n) is 18.8. The van der Waals surface area contributed by atoms with Crippen molar-refractivity contribution in [2.75, 3.05) is 0 Å². The Labute approximate surface area is 197 Å². The molecule has 0 radical (unpaired) electrons. The monoisotopic (exact) mass is 444 g/mol. The quantitative estimate of drug-likeness (QED) is 0.260. The number of aromatic amines is 2. The summed E-state index contributed by atoms with van der Waals surface area (Å²) in [4.78, 5) is 12.5. The molecule has 0 unspecified atom stereocenters. The molecule has 0 bridgehead atoms. The maximum Gasteiger partial charge on any atom is 0.135 e. The van der Waals surface area contributed by atoms with Crippen molar-refractivity contribution in [1.82, 2.24) is 30.5 Å². The van der Waals surface area contributed by atoms with E-state index in [9.17, 15) is 0 Å². The molecular formula is C28H24N6. The molecule has 6 heteroatoms. The van der Waals surface area contributed by atoms with Gasteiger partial charge >= 0.3 is 0 Å². The first-order valence-electron chi connectivity index (χ1n) is 11.0. The van der Waals surface area contributed by atoms with E-state index < -0.39 is 0 Å². The maximum absolute atomic E-state index is 4.95. The number of allylic oxidation sites excluding steroid dienone is 4. The van der Waals surface area contributed by atoms with Gasteiger partial charge in [0.05, 0.1) is 28.6 Å². The average molecular weight is 445 g/mol. The van der Waals surface area contributed by atoms with Crippen molar-refractivity contribution in [1.29, 1.82) is 0 Å². The van der Waals surface area contributed by atoms with Crippen molar-refractivity contribution >= 4 is 33.2 Å². The standard InChI is InChI=1S/C28H24N6/c1-4-19(15-22(5-2)30-18(3)20-9-7-6-8-10-20)23-11-12-24-27(32-23)28(34-33-24)25-16-21-13-14-29-17-26(21)31-25/h4-17,30-31H,2-3H2,1H3,(H,33,34)/b19-4+,22-15+. The van der Waals surface area contributed by atoms with Gasteiger partial charge in [0.15, 0.2) is 0 Å². The maximum atomic E-state index is 4.95. The van der Waals surface area contributed by atoms with E-state index in [1.807, 2.05) is 73.8 Å². The lowest BCUT2D eigenvalue weighted by molar-refractivity contribution is 1.12. The number of benzene rings is 1. The lowest BCUT2D eigenvalue weighted by Gasteiger charge is -2.12. The number of fused-ring (bicyclic) bond motifs is 2. The highest BCUT2D eigenvalue weighted by Gasteiger charge is 2.14. The zero-order chi connectivity index (χ0) is 23.5. The topological polar surface area (TPSA) is 82.3 Å². The fourth-order valence-corrected chi connectivity index (χ4v) is 3.85. The predicted molar refractivity (Wildman–Crippen MR) is 140 cm³/mol. The van der Waals surface area contributed by atoms with E-state index in [0.717, 1.165) is 61.5 Å². The van der Waals surface area contributed by atoms with Gasteiger partial charge in [0, 0.05) is 23.0 Å². The lowest BCUT2D eigenvalue weighted by atomic mass is 10.1. The molecule has 6 nitrogen and oxygen atoms in total. The van der Waals surface area contributed by atoms with Crippen molar-refractivity contribution in [3.05, 3.63) is 115 Å². The Morgan fingerprint density at radius 2 is 1.91 bits per heavy atom. The van der Waals surface area contributed by atoms with Crippen molar-refractivity contribution in [3.8, 4) is 11.4 Å².